The quantitative estimate of drug-likeness (QED) is 0.762. The van der Waals surface area contributed by atoms with Gasteiger partial charge in [-0.25, -0.2) is 8.42 Å². The minimum atomic E-state index is -3.15. The number of hydrogen-bond donors (Lipinski definition) is 1. The van der Waals surface area contributed by atoms with Crippen LogP contribution in [0.3, 0.4) is 0 Å². The Morgan fingerprint density at radius 1 is 1.29 bits per heavy atom. The summed E-state index contributed by atoms with van der Waals surface area (Å²) in [4.78, 5) is 0.277. The molecule has 0 aromatic heterocycles. The lowest BCUT2D eigenvalue weighted by atomic mass is 10.0. The molecule has 2 N–H and O–H groups in total. The Bertz CT molecular complexity index is 435. The summed E-state index contributed by atoms with van der Waals surface area (Å²) < 4.78 is 22.4. The van der Waals surface area contributed by atoms with Gasteiger partial charge < -0.3 is 5.73 Å². The van der Waals surface area contributed by atoms with Crippen molar-refractivity contribution in [3.8, 4) is 0 Å². The SMILES string of the molecule is CC(C)c1ccc(S(C)(=O)=O)cc1N. The van der Waals surface area contributed by atoms with Gasteiger partial charge in [0.15, 0.2) is 9.84 Å². The third kappa shape index (κ3) is 2.26. The normalized spacial score (nSPS) is 12.0. The van der Waals surface area contributed by atoms with Crippen LogP contribution < -0.4 is 5.73 Å². The molecule has 0 atom stereocenters. The Morgan fingerprint density at radius 3 is 2.21 bits per heavy atom. The molecule has 0 unspecified atom stereocenters. The van der Waals surface area contributed by atoms with E-state index in [0.717, 1.165) is 5.56 Å². The monoisotopic (exact) mass is 213 g/mol. The number of benzene rings is 1. The highest BCUT2D eigenvalue weighted by Crippen LogP contribution is 2.24. The molecule has 0 radical (unpaired) electrons. The van der Waals surface area contributed by atoms with Crippen molar-refractivity contribution in [1.29, 1.82) is 0 Å². The summed E-state index contributed by atoms with van der Waals surface area (Å²) in [6.45, 7) is 4.04. The molecule has 3 nitrogen and oxygen atoms in total. The Balaban J connectivity index is 3.27. The molecular weight excluding hydrogens is 198 g/mol. The van der Waals surface area contributed by atoms with E-state index in [0.29, 0.717) is 11.6 Å². The van der Waals surface area contributed by atoms with E-state index >= 15 is 0 Å². The second-order valence-electron chi connectivity index (χ2n) is 3.72. The number of anilines is 1. The van der Waals surface area contributed by atoms with Crippen LogP contribution in [0.25, 0.3) is 0 Å². The van der Waals surface area contributed by atoms with Gasteiger partial charge in [-0.3, -0.25) is 0 Å². The van der Waals surface area contributed by atoms with Gasteiger partial charge >= 0.3 is 0 Å². The molecule has 0 spiro atoms. The number of rotatable bonds is 2. The molecule has 1 rings (SSSR count). The molecule has 0 heterocycles. The van der Waals surface area contributed by atoms with Crippen molar-refractivity contribution in [1.82, 2.24) is 0 Å². The van der Waals surface area contributed by atoms with Gasteiger partial charge in [0.1, 0.15) is 0 Å². The third-order valence-corrected chi connectivity index (χ3v) is 3.22. The lowest BCUT2D eigenvalue weighted by Crippen LogP contribution is -2.02. The number of nitrogens with two attached hydrogens (primary N) is 1. The van der Waals surface area contributed by atoms with Crippen LogP contribution >= 0.6 is 0 Å². The fourth-order valence-electron chi connectivity index (χ4n) is 1.31. The molecule has 0 fully saturated rings. The second kappa shape index (κ2) is 3.61. The maximum atomic E-state index is 11.2. The minimum absolute atomic E-state index is 0.277. The molecule has 0 aliphatic heterocycles. The predicted molar refractivity (Wildman–Crippen MR) is 58.1 cm³/mol. The van der Waals surface area contributed by atoms with Crippen LogP contribution in [0.1, 0.15) is 25.3 Å². The van der Waals surface area contributed by atoms with Gasteiger partial charge in [-0.1, -0.05) is 19.9 Å². The zero-order chi connectivity index (χ0) is 10.9. The van der Waals surface area contributed by atoms with Crippen LogP contribution in [0.15, 0.2) is 23.1 Å². The van der Waals surface area contributed by atoms with E-state index in [1.807, 2.05) is 13.8 Å². The van der Waals surface area contributed by atoms with Gasteiger partial charge in [0.05, 0.1) is 4.90 Å². The molecule has 0 aliphatic carbocycles. The summed E-state index contributed by atoms with van der Waals surface area (Å²) in [6.07, 6.45) is 1.18. The smallest absolute Gasteiger partial charge is 0.175 e. The average Bonchev–Trinajstić information content (AvgIpc) is 2.01. The summed E-state index contributed by atoms with van der Waals surface area (Å²) in [5, 5.41) is 0. The highest BCUT2D eigenvalue weighted by atomic mass is 32.2. The molecule has 1 aromatic carbocycles. The van der Waals surface area contributed by atoms with Crippen molar-refractivity contribution >= 4 is 15.5 Å². The molecule has 0 saturated carbocycles. The average molecular weight is 213 g/mol. The molecule has 1 aromatic rings. The Morgan fingerprint density at radius 2 is 1.86 bits per heavy atom. The Labute approximate surface area is 84.9 Å². The van der Waals surface area contributed by atoms with Gasteiger partial charge in [-0.15, -0.1) is 0 Å². The largest absolute Gasteiger partial charge is 0.398 e. The zero-order valence-corrected chi connectivity index (χ0v) is 9.43. The van der Waals surface area contributed by atoms with Gasteiger partial charge in [0, 0.05) is 11.9 Å². The van der Waals surface area contributed by atoms with Gasteiger partial charge in [-0.2, -0.15) is 0 Å². The van der Waals surface area contributed by atoms with E-state index in [1.165, 1.54) is 12.3 Å². The van der Waals surface area contributed by atoms with E-state index in [9.17, 15) is 8.42 Å². The van der Waals surface area contributed by atoms with E-state index in [4.69, 9.17) is 5.73 Å². The molecule has 0 aliphatic rings. The highest BCUT2D eigenvalue weighted by Gasteiger charge is 2.10. The Hall–Kier alpha value is -1.03. The summed E-state index contributed by atoms with van der Waals surface area (Å²) >= 11 is 0. The summed E-state index contributed by atoms with van der Waals surface area (Å²) in [5.74, 6) is 0.309. The number of sulfone groups is 1. The van der Waals surface area contributed by atoms with Gasteiger partial charge in [-0.05, 0) is 23.6 Å². The fraction of sp³-hybridized carbons (Fsp3) is 0.400. The Kier molecular flexibility index (Phi) is 2.85. The molecule has 78 valence electrons. The standard InChI is InChI=1S/C10H15NO2S/c1-7(2)9-5-4-8(6-10(9)11)14(3,12)13/h4-7H,11H2,1-3H3. The fourth-order valence-corrected chi connectivity index (χ4v) is 1.97. The van der Waals surface area contributed by atoms with Crippen molar-refractivity contribution in [3.63, 3.8) is 0 Å². The van der Waals surface area contributed by atoms with E-state index in [-0.39, 0.29) is 4.90 Å². The zero-order valence-electron chi connectivity index (χ0n) is 8.61. The predicted octanol–water partition coefficient (Wildman–Crippen LogP) is 1.80. The lowest BCUT2D eigenvalue weighted by Gasteiger charge is -2.10. The highest BCUT2D eigenvalue weighted by molar-refractivity contribution is 7.90. The lowest BCUT2D eigenvalue weighted by molar-refractivity contribution is 0.602. The first kappa shape index (κ1) is 11.0. The molecule has 4 heteroatoms. The van der Waals surface area contributed by atoms with E-state index < -0.39 is 9.84 Å². The first-order valence-electron chi connectivity index (χ1n) is 4.42. The van der Waals surface area contributed by atoms with Crippen LogP contribution in [0.4, 0.5) is 5.69 Å². The first-order chi connectivity index (χ1) is 6.32. The molecule has 0 amide bonds. The number of hydrogen-bond acceptors (Lipinski definition) is 3. The molecule has 14 heavy (non-hydrogen) atoms. The first-order valence-corrected chi connectivity index (χ1v) is 6.31. The topological polar surface area (TPSA) is 60.2 Å². The van der Waals surface area contributed by atoms with Gasteiger partial charge in [0.25, 0.3) is 0 Å². The van der Waals surface area contributed by atoms with Crippen molar-refractivity contribution in [2.24, 2.45) is 0 Å². The van der Waals surface area contributed by atoms with Crippen molar-refractivity contribution in [3.05, 3.63) is 23.8 Å². The van der Waals surface area contributed by atoms with Crippen molar-refractivity contribution < 1.29 is 8.42 Å². The van der Waals surface area contributed by atoms with Gasteiger partial charge in [0.2, 0.25) is 0 Å². The van der Waals surface area contributed by atoms with Crippen LogP contribution in [0.2, 0.25) is 0 Å². The van der Waals surface area contributed by atoms with Crippen molar-refractivity contribution in [2.75, 3.05) is 12.0 Å². The molecular formula is C10H15NO2S. The number of nitrogen functional groups attached to an aromatic ring is 1. The molecule has 0 saturated heterocycles. The summed E-state index contributed by atoms with van der Waals surface area (Å²) in [5.41, 5.74) is 7.28. The van der Waals surface area contributed by atoms with Crippen LogP contribution in [0, 0.1) is 0 Å². The summed E-state index contributed by atoms with van der Waals surface area (Å²) in [7, 11) is -3.15. The van der Waals surface area contributed by atoms with Crippen molar-refractivity contribution in [2.45, 2.75) is 24.7 Å². The minimum Gasteiger partial charge on any atom is -0.398 e. The summed E-state index contributed by atoms with van der Waals surface area (Å²) in [6, 6.07) is 4.89. The van der Waals surface area contributed by atoms with E-state index in [2.05, 4.69) is 0 Å². The van der Waals surface area contributed by atoms with Crippen LogP contribution in [-0.2, 0) is 9.84 Å². The van der Waals surface area contributed by atoms with Crippen LogP contribution in [-0.4, -0.2) is 14.7 Å². The second-order valence-corrected chi connectivity index (χ2v) is 5.73. The maximum Gasteiger partial charge on any atom is 0.175 e. The third-order valence-electron chi connectivity index (χ3n) is 2.11. The van der Waals surface area contributed by atoms with E-state index in [1.54, 1.807) is 12.1 Å². The van der Waals surface area contributed by atoms with Crippen LogP contribution in [0.5, 0.6) is 0 Å². The molecule has 0 bridgehead atoms. The maximum absolute atomic E-state index is 11.2.